The summed E-state index contributed by atoms with van der Waals surface area (Å²) in [5.41, 5.74) is -1.38. The van der Waals surface area contributed by atoms with Gasteiger partial charge in [-0.1, -0.05) is 11.2 Å². The summed E-state index contributed by atoms with van der Waals surface area (Å²) in [5.74, 6) is -0.814. The Morgan fingerprint density at radius 1 is 1.33 bits per heavy atom. The summed E-state index contributed by atoms with van der Waals surface area (Å²) in [6, 6.07) is 5.96. The number of nitrogens with zero attached hydrogens (tertiary/aromatic N) is 2. The van der Waals surface area contributed by atoms with E-state index < -0.39 is 17.1 Å². The van der Waals surface area contributed by atoms with Crippen molar-refractivity contribution in [2.75, 3.05) is 0 Å². The standard InChI is InChI=1S/C13H9N3O5/c17-11-12(18)16(6-7-4-5-14-21-7)9-3-1-2-8(13(19)20)10(9)15-11/h1-5H,6H2,(H,15,17)(H,19,20). The van der Waals surface area contributed by atoms with Crippen molar-refractivity contribution >= 4 is 17.0 Å². The van der Waals surface area contributed by atoms with E-state index in [-0.39, 0.29) is 17.6 Å². The minimum atomic E-state index is -1.19. The van der Waals surface area contributed by atoms with Crippen molar-refractivity contribution in [2.45, 2.75) is 6.54 Å². The summed E-state index contributed by atoms with van der Waals surface area (Å²) in [7, 11) is 0. The Morgan fingerprint density at radius 2 is 2.14 bits per heavy atom. The second-order valence-corrected chi connectivity index (χ2v) is 4.33. The number of nitrogens with one attached hydrogen (secondary N) is 1. The number of aromatic amines is 1. The lowest BCUT2D eigenvalue weighted by molar-refractivity contribution is 0.0699. The van der Waals surface area contributed by atoms with Crippen LogP contribution in [0.15, 0.2) is 44.6 Å². The van der Waals surface area contributed by atoms with Crippen molar-refractivity contribution in [1.82, 2.24) is 14.7 Å². The molecule has 0 atom stereocenters. The van der Waals surface area contributed by atoms with Crippen LogP contribution >= 0.6 is 0 Å². The molecule has 106 valence electrons. The number of hydrogen-bond donors (Lipinski definition) is 2. The van der Waals surface area contributed by atoms with E-state index in [2.05, 4.69) is 10.1 Å². The normalized spacial score (nSPS) is 10.9. The third kappa shape index (κ3) is 2.12. The number of aromatic carboxylic acids is 1. The minimum absolute atomic E-state index is 0.0116. The molecule has 0 aliphatic carbocycles. The van der Waals surface area contributed by atoms with Crippen LogP contribution in [-0.2, 0) is 6.54 Å². The number of carboxylic acids is 1. The summed E-state index contributed by atoms with van der Waals surface area (Å²) in [6.45, 7) is -0.0116. The number of carboxylic acid groups (broad SMARTS) is 1. The van der Waals surface area contributed by atoms with Gasteiger partial charge in [0.25, 0.3) is 0 Å². The highest BCUT2D eigenvalue weighted by Crippen LogP contribution is 2.15. The molecule has 0 aliphatic rings. The average Bonchev–Trinajstić information content (AvgIpc) is 2.96. The van der Waals surface area contributed by atoms with Crippen LogP contribution in [0.25, 0.3) is 11.0 Å². The number of para-hydroxylation sites is 1. The molecule has 0 spiro atoms. The molecule has 8 heteroatoms. The van der Waals surface area contributed by atoms with Gasteiger partial charge >= 0.3 is 17.1 Å². The monoisotopic (exact) mass is 287 g/mol. The lowest BCUT2D eigenvalue weighted by Crippen LogP contribution is -2.37. The van der Waals surface area contributed by atoms with Crippen LogP contribution in [0.2, 0.25) is 0 Å². The molecule has 21 heavy (non-hydrogen) atoms. The first kappa shape index (κ1) is 12.9. The van der Waals surface area contributed by atoms with Gasteiger partial charge in [-0.3, -0.25) is 14.2 Å². The number of hydrogen-bond acceptors (Lipinski definition) is 5. The average molecular weight is 287 g/mol. The van der Waals surface area contributed by atoms with Gasteiger partial charge in [-0.05, 0) is 12.1 Å². The molecule has 8 nitrogen and oxygen atoms in total. The molecule has 0 bridgehead atoms. The quantitative estimate of drug-likeness (QED) is 0.674. The molecule has 3 rings (SSSR count). The van der Waals surface area contributed by atoms with E-state index in [4.69, 9.17) is 9.63 Å². The highest BCUT2D eigenvalue weighted by Gasteiger charge is 2.15. The molecular formula is C13H9N3O5. The van der Waals surface area contributed by atoms with Gasteiger partial charge in [-0.25, -0.2) is 4.79 Å². The van der Waals surface area contributed by atoms with Crippen LogP contribution in [0.5, 0.6) is 0 Å². The first-order valence-electron chi connectivity index (χ1n) is 5.96. The molecule has 0 unspecified atom stereocenters. The number of aromatic nitrogens is 3. The first-order chi connectivity index (χ1) is 10.1. The van der Waals surface area contributed by atoms with Crippen LogP contribution < -0.4 is 11.1 Å². The zero-order valence-electron chi connectivity index (χ0n) is 10.6. The van der Waals surface area contributed by atoms with Crippen molar-refractivity contribution in [3.05, 3.63) is 62.5 Å². The van der Waals surface area contributed by atoms with E-state index in [9.17, 15) is 14.4 Å². The Kier molecular flexibility index (Phi) is 2.90. The molecule has 2 N–H and O–H groups in total. The number of rotatable bonds is 3. The smallest absolute Gasteiger partial charge is 0.337 e. The van der Waals surface area contributed by atoms with Crippen molar-refractivity contribution in [2.24, 2.45) is 0 Å². The zero-order chi connectivity index (χ0) is 15.0. The predicted octanol–water partition coefficient (Wildman–Crippen LogP) is 0.424. The number of carbonyl (C=O) groups is 1. The number of benzene rings is 1. The van der Waals surface area contributed by atoms with Crippen LogP contribution in [0.3, 0.4) is 0 Å². The SMILES string of the molecule is O=C(O)c1cccc2c1[nH]c(=O)c(=O)n2Cc1ccno1. The Labute approximate surface area is 116 Å². The molecule has 0 saturated carbocycles. The zero-order valence-corrected chi connectivity index (χ0v) is 10.6. The maximum atomic E-state index is 12.0. The lowest BCUT2D eigenvalue weighted by Gasteiger charge is -2.09. The molecule has 0 aliphatic heterocycles. The van der Waals surface area contributed by atoms with E-state index in [1.807, 2.05) is 0 Å². The third-order valence-electron chi connectivity index (χ3n) is 3.05. The Morgan fingerprint density at radius 3 is 2.81 bits per heavy atom. The van der Waals surface area contributed by atoms with E-state index in [1.54, 1.807) is 12.1 Å². The van der Waals surface area contributed by atoms with Crippen molar-refractivity contribution in [3.63, 3.8) is 0 Å². The van der Waals surface area contributed by atoms with Crippen molar-refractivity contribution in [1.29, 1.82) is 0 Å². The highest BCUT2D eigenvalue weighted by atomic mass is 16.5. The maximum Gasteiger partial charge on any atom is 0.337 e. The second-order valence-electron chi connectivity index (χ2n) is 4.33. The van der Waals surface area contributed by atoms with Gasteiger partial charge in [0, 0.05) is 6.07 Å². The summed E-state index contributed by atoms with van der Waals surface area (Å²) < 4.78 is 6.07. The topological polar surface area (TPSA) is 118 Å². The summed E-state index contributed by atoms with van der Waals surface area (Å²) in [5, 5.41) is 12.7. The van der Waals surface area contributed by atoms with Gasteiger partial charge < -0.3 is 14.6 Å². The number of H-pyrrole nitrogens is 1. The van der Waals surface area contributed by atoms with Gasteiger partial charge in [0.2, 0.25) is 0 Å². The molecule has 0 fully saturated rings. The molecule has 1 aromatic carbocycles. The Hall–Kier alpha value is -3.16. The van der Waals surface area contributed by atoms with Gasteiger partial charge in [0.05, 0.1) is 29.3 Å². The number of fused-ring (bicyclic) bond motifs is 1. The molecule has 2 heterocycles. The minimum Gasteiger partial charge on any atom is -0.478 e. The Bertz CT molecular complexity index is 937. The van der Waals surface area contributed by atoms with Crippen LogP contribution in [-0.4, -0.2) is 25.8 Å². The van der Waals surface area contributed by atoms with E-state index in [1.165, 1.54) is 18.3 Å². The summed E-state index contributed by atoms with van der Waals surface area (Å²) >= 11 is 0. The van der Waals surface area contributed by atoms with E-state index in [0.717, 1.165) is 4.57 Å². The van der Waals surface area contributed by atoms with Crippen LogP contribution in [0, 0.1) is 0 Å². The Balaban J connectivity index is 2.35. The van der Waals surface area contributed by atoms with Crippen molar-refractivity contribution < 1.29 is 14.4 Å². The third-order valence-corrected chi connectivity index (χ3v) is 3.05. The fourth-order valence-corrected chi connectivity index (χ4v) is 2.11. The largest absolute Gasteiger partial charge is 0.478 e. The van der Waals surface area contributed by atoms with Gasteiger partial charge in [-0.2, -0.15) is 0 Å². The lowest BCUT2D eigenvalue weighted by atomic mass is 10.1. The van der Waals surface area contributed by atoms with Gasteiger partial charge in [-0.15, -0.1) is 0 Å². The molecule has 0 amide bonds. The van der Waals surface area contributed by atoms with Gasteiger partial charge in [0.1, 0.15) is 0 Å². The van der Waals surface area contributed by atoms with E-state index in [0.29, 0.717) is 11.3 Å². The molecule has 0 saturated heterocycles. The summed E-state index contributed by atoms with van der Waals surface area (Å²) in [6.07, 6.45) is 1.42. The van der Waals surface area contributed by atoms with Crippen LogP contribution in [0.1, 0.15) is 16.1 Å². The fourth-order valence-electron chi connectivity index (χ4n) is 2.11. The molecule has 3 aromatic rings. The predicted molar refractivity (Wildman–Crippen MR) is 71.4 cm³/mol. The van der Waals surface area contributed by atoms with E-state index >= 15 is 0 Å². The fraction of sp³-hybridized carbons (Fsp3) is 0.0769. The van der Waals surface area contributed by atoms with Crippen LogP contribution in [0.4, 0.5) is 0 Å². The highest BCUT2D eigenvalue weighted by molar-refractivity contribution is 6.00. The second kappa shape index (κ2) is 4.75. The summed E-state index contributed by atoms with van der Waals surface area (Å²) in [4.78, 5) is 37.2. The van der Waals surface area contributed by atoms with Crippen molar-refractivity contribution in [3.8, 4) is 0 Å². The van der Waals surface area contributed by atoms with Gasteiger partial charge in [0.15, 0.2) is 5.76 Å². The molecule has 0 radical (unpaired) electrons. The molecule has 2 aromatic heterocycles. The molecular weight excluding hydrogens is 278 g/mol. The first-order valence-corrected chi connectivity index (χ1v) is 5.96. The maximum absolute atomic E-state index is 12.0.